The third-order valence-electron chi connectivity index (χ3n) is 1.57. The Morgan fingerprint density at radius 2 is 2.46 bits per heavy atom. The molecule has 0 unspecified atom stereocenters. The molecule has 0 fully saturated rings. The topological polar surface area (TPSA) is 73.1 Å². The van der Waals surface area contributed by atoms with Crippen LogP contribution in [0.3, 0.4) is 0 Å². The highest BCUT2D eigenvalue weighted by atomic mass is 16.5. The van der Waals surface area contributed by atoms with Gasteiger partial charge in [-0.25, -0.2) is 9.97 Å². The molecule has 0 saturated heterocycles. The van der Waals surface area contributed by atoms with Crippen molar-refractivity contribution in [3.63, 3.8) is 0 Å². The number of methoxy groups -OCH3 is 1. The van der Waals surface area contributed by atoms with Gasteiger partial charge >= 0.3 is 0 Å². The Hall–Kier alpha value is -1.36. The van der Waals surface area contributed by atoms with Gasteiger partial charge in [0, 0.05) is 6.54 Å². The summed E-state index contributed by atoms with van der Waals surface area (Å²) in [7, 11) is 1.59. The zero-order chi connectivity index (χ0) is 9.52. The molecule has 0 radical (unpaired) electrons. The highest BCUT2D eigenvalue weighted by Gasteiger charge is 2.01. The number of hydrogen-bond acceptors (Lipinski definition) is 5. The molecule has 0 aromatic carbocycles. The van der Waals surface area contributed by atoms with E-state index in [0.717, 1.165) is 13.0 Å². The molecule has 0 aliphatic carbocycles. The number of nitrogens with zero attached hydrogens (tertiary/aromatic N) is 2. The maximum absolute atomic E-state index is 5.36. The molecule has 1 aromatic rings. The molecule has 0 saturated carbocycles. The monoisotopic (exact) mass is 182 g/mol. The van der Waals surface area contributed by atoms with E-state index in [2.05, 4.69) is 15.3 Å². The van der Waals surface area contributed by atoms with Crippen molar-refractivity contribution < 1.29 is 4.74 Å². The smallest absolute Gasteiger partial charge is 0.179 e. The van der Waals surface area contributed by atoms with Crippen LogP contribution < -0.4 is 15.8 Å². The van der Waals surface area contributed by atoms with Crippen LogP contribution >= 0.6 is 0 Å². The molecule has 72 valence electrons. The summed E-state index contributed by atoms with van der Waals surface area (Å²) in [5, 5.41) is 3.11. The first kappa shape index (κ1) is 9.73. The quantitative estimate of drug-likeness (QED) is 0.638. The van der Waals surface area contributed by atoms with E-state index in [1.54, 1.807) is 13.3 Å². The second-order valence-corrected chi connectivity index (χ2v) is 2.51. The van der Waals surface area contributed by atoms with Gasteiger partial charge in [-0.3, -0.25) is 0 Å². The van der Waals surface area contributed by atoms with Crippen LogP contribution in [0.5, 0.6) is 5.75 Å². The summed E-state index contributed by atoms with van der Waals surface area (Å²) in [6.45, 7) is 1.46. The molecule has 5 heteroatoms. The van der Waals surface area contributed by atoms with E-state index < -0.39 is 0 Å². The Balaban J connectivity index is 2.54. The van der Waals surface area contributed by atoms with Crippen molar-refractivity contribution in [1.82, 2.24) is 9.97 Å². The maximum Gasteiger partial charge on any atom is 0.179 e. The number of rotatable bonds is 5. The maximum atomic E-state index is 5.36. The van der Waals surface area contributed by atoms with E-state index in [1.165, 1.54) is 6.33 Å². The molecule has 13 heavy (non-hydrogen) atoms. The average molecular weight is 182 g/mol. The molecule has 1 heterocycles. The second kappa shape index (κ2) is 5.31. The van der Waals surface area contributed by atoms with Crippen molar-refractivity contribution in [3.05, 3.63) is 12.5 Å². The minimum atomic E-state index is 0.652. The molecular formula is C8H14N4O. The van der Waals surface area contributed by atoms with Crippen LogP contribution in [-0.2, 0) is 0 Å². The van der Waals surface area contributed by atoms with Crippen LogP contribution in [0.15, 0.2) is 12.5 Å². The van der Waals surface area contributed by atoms with Gasteiger partial charge in [0.25, 0.3) is 0 Å². The highest BCUT2D eigenvalue weighted by molar-refractivity contribution is 5.47. The Kier molecular flexibility index (Phi) is 3.98. The van der Waals surface area contributed by atoms with Crippen LogP contribution in [0.25, 0.3) is 0 Å². The predicted octanol–water partition coefficient (Wildman–Crippen LogP) is 0.246. The summed E-state index contributed by atoms with van der Waals surface area (Å²) in [5.74, 6) is 1.37. The van der Waals surface area contributed by atoms with Crippen molar-refractivity contribution in [3.8, 4) is 5.75 Å². The van der Waals surface area contributed by atoms with Crippen molar-refractivity contribution in [2.45, 2.75) is 6.42 Å². The van der Waals surface area contributed by atoms with Crippen LogP contribution in [0.4, 0.5) is 5.82 Å². The SMILES string of the molecule is COc1cncnc1NCCCN. The van der Waals surface area contributed by atoms with Gasteiger partial charge in [0.05, 0.1) is 13.3 Å². The summed E-state index contributed by atoms with van der Waals surface area (Å²) in [4.78, 5) is 7.88. The number of anilines is 1. The molecule has 0 bridgehead atoms. The van der Waals surface area contributed by atoms with Gasteiger partial charge in [0.15, 0.2) is 11.6 Å². The number of ether oxygens (including phenoxy) is 1. The number of nitrogens with two attached hydrogens (primary N) is 1. The lowest BCUT2D eigenvalue weighted by Crippen LogP contribution is -2.10. The summed E-state index contributed by atoms with van der Waals surface area (Å²) in [5.41, 5.74) is 5.36. The largest absolute Gasteiger partial charge is 0.491 e. The van der Waals surface area contributed by atoms with Gasteiger partial charge in [0.2, 0.25) is 0 Å². The summed E-state index contributed by atoms with van der Waals surface area (Å²) in [6, 6.07) is 0. The van der Waals surface area contributed by atoms with E-state index in [-0.39, 0.29) is 0 Å². The Morgan fingerprint density at radius 1 is 1.62 bits per heavy atom. The molecule has 0 aliphatic heterocycles. The minimum absolute atomic E-state index is 0.652. The lowest BCUT2D eigenvalue weighted by molar-refractivity contribution is 0.412. The van der Waals surface area contributed by atoms with E-state index in [1.807, 2.05) is 0 Å². The molecule has 0 spiro atoms. The molecular weight excluding hydrogens is 168 g/mol. The van der Waals surface area contributed by atoms with Crippen molar-refractivity contribution in [1.29, 1.82) is 0 Å². The van der Waals surface area contributed by atoms with Crippen molar-refractivity contribution in [2.24, 2.45) is 5.73 Å². The Morgan fingerprint density at radius 3 is 3.15 bits per heavy atom. The van der Waals surface area contributed by atoms with Gasteiger partial charge in [0.1, 0.15) is 6.33 Å². The zero-order valence-corrected chi connectivity index (χ0v) is 7.66. The van der Waals surface area contributed by atoms with E-state index in [4.69, 9.17) is 10.5 Å². The minimum Gasteiger partial charge on any atom is -0.491 e. The summed E-state index contributed by atoms with van der Waals surface area (Å²) < 4.78 is 5.06. The summed E-state index contributed by atoms with van der Waals surface area (Å²) in [6.07, 6.45) is 4.01. The van der Waals surface area contributed by atoms with Crippen LogP contribution in [-0.4, -0.2) is 30.2 Å². The van der Waals surface area contributed by atoms with Crippen LogP contribution in [0.1, 0.15) is 6.42 Å². The molecule has 0 amide bonds. The highest BCUT2D eigenvalue weighted by Crippen LogP contribution is 2.17. The van der Waals surface area contributed by atoms with Gasteiger partial charge < -0.3 is 15.8 Å². The van der Waals surface area contributed by atoms with Gasteiger partial charge in [-0.1, -0.05) is 0 Å². The number of nitrogens with one attached hydrogen (secondary N) is 1. The first-order chi connectivity index (χ1) is 6.38. The Labute approximate surface area is 77.3 Å². The molecule has 0 aliphatic rings. The lowest BCUT2D eigenvalue weighted by Gasteiger charge is -2.07. The fourth-order valence-corrected chi connectivity index (χ4v) is 0.908. The van der Waals surface area contributed by atoms with Gasteiger partial charge in [-0.05, 0) is 13.0 Å². The molecule has 0 atom stereocenters. The van der Waals surface area contributed by atoms with E-state index in [0.29, 0.717) is 18.1 Å². The molecule has 1 rings (SSSR count). The van der Waals surface area contributed by atoms with Crippen molar-refractivity contribution >= 4 is 5.82 Å². The third kappa shape index (κ3) is 2.87. The fourth-order valence-electron chi connectivity index (χ4n) is 0.908. The Bertz CT molecular complexity index is 254. The number of aromatic nitrogens is 2. The number of hydrogen-bond donors (Lipinski definition) is 2. The van der Waals surface area contributed by atoms with Crippen molar-refractivity contribution in [2.75, 3.05) is 25.5 Å². The first-order valence-electron chi connectivity index (χ1n) is 4.16. The van der Waals surface area contributed by atoms with E-state index in [9.17, 15) is 0 Å². The molecule has 5 nitrogen and oxygen atoms in total. The third-order valence-corrected chi connectivity index (χ3v) is 1.57. The molecule has 1 aromatic heterocycles. The predicted molar refractivity (Wildman–Crippen MR) is 50.7 cm³/mol. The average Bonchev–Trinajstić information content (AvgIpc) is 2.19. The lowest BCUT2D eigenvalue weighted by atomic mass is 10.4. The second-order valence-electron chi connectivity index (χ2n) is 2.51. The normalized spacial score (nSPS) is 9.69. The van der Waals surface area contributed by atoms with Crippen LogP contribution in [0.2, 0.25) is 0 Å². The van der Waals surface area contributed by atoms with Gasteiger partial charge in [-0.2, -0.15) is 0 Å². The van der Waals surface area contributed by atoms with Crippen LogP contribution in [0, 0.1) is 0 Å². The van der Waals surface area contributed by atoms with Gasteiger partial charge in [-0.15, -0.1) is 0 Å². The molecule has 3 N–H and O–H groups in total. The van der Waals surface area contributed by atoms with E-state index >= 15 is 0 Å². The zero-order valence-electron chi connectivity index (χ0n) is 7.66. The standard InChI is InChI=1S/C8H14N4O/c1-13-7-5-10-6-12-8(7)11-4-2-3-9/h5-6H,2-4,9H2,1H3,(H,10,11,12). The summed E-state index contributed by atoms with van der Waals surface area (Å²) >= 11 is 0. The fraction of sp³-hybridized carbons (Fsp3) is 0.500. The first-order valence-corrected chi connectivity index (χ1v) is 4.16.